The van der Waals surface area contributed by atoms with Crippen molar-refractivity contribution in [2.24, 2.45) is 0 Å². The van der Waals surface area contributed by atoms with E-state index < -0.39 is 0 Å². The zero-order chi connectivity index (χ0) is 8.55. The van der Waals surface area contributed by atoms with Crippen LogP contribution >= 0.6 is 12.6 Å². The smallest absolute Gasteiger partial charge is 0.142 e. The quantitative estimate of drug-likeness (QED) is 0.613. The first-order valence-corrected chi connectivity index (χ1v) is 3.95. The second kappa shape index (κ2) is 2.75. The average molecular weight is 179 g/mol. The number of benzene rings is 1. The minimum atomic E-state index is -0.318. The first-order valence-electron chi connectivity index (χ1n) is 3.50. The Kier molecular flexibility index (Phi) is 1.73. The Morgan fingerprint density at radius 1 is 1.33 bits per heavy atom. The van der Waals surface area contributed by atoms with Crippen molar-refractivity contribution in [2.45, 2.75) is 4.90 Å². The van der Waals surface area contributed by atoms with Crippen molar-refractivity contribution >= 4 is 23.5 Å². The summed E-state index contributed by atoms with van der Waals surface area (Å²) in [6.07, 6.45) is 1.20. The lowest BCUT2D eigenvalue weighted by Crippen LogP contribution is -1.82. The highest BCUT2D eigenvalue weighted by molar-refractivity contribution is 7.80. The van der Waals surface area contributed by atoms with E-state index in [1.165, 1.54) is 12.3 Å². The average Bonchev–Trinajstić information content (AvgIpc) is 2.04. The first kappa shape index (κ1) is 7.55. The minimum Gasteiger partial charge on any atom is -0.252 e. The number of nitrogens with zero attached hydrogens (tertiary/aromatic N) is 1. The summed E-state index contributed by atoms with van der Waals surface area (Å²) in [6.45, 7) is 0. The molecule has 0 aliphatic heterocycles. The summed E-state index contributed by atoms with van der Waals surface area (Å²) in [5, 5.41) is 0.780. The molecule has 0 spiro atoms. The number of aromatic nitrogens is 1. The molecule has 0 atom stereocenters. The van der Waals surface area contributed by atoms with Crippen LogP contribution in [0.4, 0.5) is 4.39 Å². The van der Waals surface area contributed by atoms with Gasteiger partial charge in [-0.1, -0.05) is 12.1 Å². The van der Waals surface area contributed by atoms with Gasteiger partial charge in [-0.2, -0.15) is 0 Å². The van der Waals surface area contributed by atoms with Gasteiger partial charge < -0.3 is 0 Å². The van der Waals surface area contributed by atoms with E-state index in [0.29, 0.717) is 0 Å². The highest BCUT2D eigenvalue weighted by Crippen LogP contribution is 2.19. The topological polar surface area (TPSA) is 12.9 Å². The van der Waals surface area contributed by atoms with Crippen molar-refractivity contribution < 1.29 is 4.39 Å². The van der Waals surface area contributed by atoms with Gasteiger partial charge in [0.2, 0.25) is 0 Å². The largest absolute Gasteiger partial charge is 0.252 e. The van der Waals surface area contributed by atoms with E-state index in [2.05, 4.69) is 17.6 Å². The number of para-hydroxylation sites is 1. The van der Waals surface area contributed by atoms with E-state index in [9.17, 15) is 4.39 Å². The molecule has 12 heavy (non-hydrogen) atoms. The van der Waals surface area contributed by atoms with Crippen molar-refractivity contribution in [2.75, 3.05) is 0 Å². The molecule has 0 aliphatic rings. The summed E-state index contributed by atoms with van der Waals surface area (Å²) in [7, 11) is 0. The molecule has 0 bridgehead atoms. The van der Waals surface area contributed by atoms with Gasteiger partial charge in [0.15, 0.2) is 0 Å². The Morgan fingerprint density at radius 2 is 2.17 bits per heavy atom. The lowest BCUT2D eigenvalue weighted by Gasteiger charge is -1.98. The lowest BCUT2D eigenvalue weighted by molar-refractivity contribution is 0.624. The van der Waals surface area contributed by atoms with Gasteiger partial charge in [-0.15, -0.1) is 12.6 Å². The van der Waals surface area contributed by atoms with Gasteiger partial charge in [0.1, 0.15) is 5.82 Å². The van der Waals surface area contributed by atoms with E-state index in [4.69, 9.17) is 0 Å². The van der Waals surface area contributed by atoms with Crippen molar-refractivity contribution in [1.82, 2.24) is 4.98 Å². The maximum atomic E-state index is 12.7. The van der Waals surface area contributed by atoms with Crippen molar-refractivity contribution in [1.29, 1.82) is 0 Å². The maximum absolute atomic E-state index is 12.7. The van der Waals surface area contributed by atoms with Crippen LogP contribution in [0.3, 0.4) is 0 Å². The number of fused-ring (bicyclic) bond motifs is 1. The van der Waals surface area contributed by atoms with E-state index in [1.807, 2.05) is 18.2 Å². The Balaban J connectivity index is 2.86. The number of halogens is 1. The predicted molar refractivity (Wildman–Crippen MR) is 49.0 cm³/mol. The Morgan fingerprint density at radius 3 is 3.00 bits per heavy atom. The van der Waals surface area contributed by atoms with Gasteiger partial charge in [0.25, 0.3) is 0 Å². The van der Waals surface area contributed by atoms with Crippen LogP contribution in [-0.2, 0) is 0 Å². The molecular formula is C9H6FNS. The van der Waals surface area contributed by atoms with Crippen LogP contribution in [0.5, 0.6) is 0 Å². The molecule has 0 saturated carbocycles. The third-order valence-electron chi connectivity index (χ3n) is 1.66. The molecule has 1 heterocycles. The summed E-state index contributed by atoms with van der Waals surface area (Å²) in [5.74, 6) is -0.318. The van der Waals surface area contributed by atoms with Crippen LogP contribution in [-0.4, -0.2) is 4.98 Å². The number of rotatable bonds is 0. The van der Waals surface area contributed by atoms with Gasteiger partial charge in [-0.25, -0.2) is 4.39 Å². The van der Waals surface area contributed by atoms with Crippen molar-refractivity contribution in [3.05, 3.63) is 36.3 Å². The van der Waals surface area contributed by atoms with Gasteiger partial charge in [0.05, 0.1) is 11.7 Å². The molecule has 0 saturated heterocycles. The molecule has 0 fully saturated rings. The highest BCUT2D eigenvalue weighted by atomic mass is 32.1. The van der Waals surface area contributed by atoms with Crippen LogP contribution in [0.2, 0.25) is 0 Å². The van der Waals surface area contributed by atoms with Crippen molar-refractivity contribution in [3.63, 3.8) is 0 Å². The molecule has 0 amide bonds. The molecule has 1 nitrogen and oxygen atoms in total. The molecule has 1 aromatic heterocycles. The van der Waals surface area contributed by atoms with Crippen LogP contribution in [0, 0.1) is 5.82 Å². The van der Waals surface area contributed by atoms with Crippen LogP contribution in [0.25, 0.3) is 10.9 Å². The number of hydrogen-bond donors (Lipinski definition) is 1. The van der Waals surface area contributed by atoms with Gasteiger partial charge in [0, 0.05) is 10.3 Å². The summed E-state index contributed by atoms with van der Waals surface area (Å²) in [4.78, 5) is 4.70. The Hall–Kier alpha value is -1.09. The van der Waals surface area contributed by atoms with Gasteiger partial charge in [-0.05, 0) is 12.1 Å². The van der Waals surface area contributed by atoms with Crippen LogP contribution in [0.15, 0.2) is 35.4 Å². The molecule has 3 heteroatoms. The number of hydrogen-bond acceptors (Lipinski definition) is 2. The molecule has 0 N–H and O–H groups in total. The number of thiol groups is 1. The van der Waals surface area contributed by atoms with E-state index in [0.717, 1.165) is 15.8 Å². The molecular weight excluding hydrogens is 173 g/mol. The maximum Gasteiger partial charge on any atom is 0.142 e. The summed E-state index contributed by atoms with van der Waals surface area (Å²) >= 11 is 4.20. The summed E-state index contributed by atoms with van der Waals surface area (Å²) < 4.78 is 12.7. The normalized spacial score (nSPS) is 10.5. The van der Waals surface area contributed by atoms with Gasteiger partial charge in [-0.3, -0.25) is 4.98 Å². The van der Waals surface area contributed by atoms with E-state index >= 15 is 0 Å². The standard InChI is InChI=1S/C9H6FNS/c10-7-4-6-2-1-3-8(12)9(6)11-5-7/h1-5,12H. The fourth-order valence-electron chi connectivity index (χ4n) is 1.12. The highest BCUT2D eigenvalue weighted by Gasteiger charge is 1.98. The monoisotopic (exact) mass is 179 g/mol. The van der Waals surface area contributed by atoms with Crippen molar-refractivity contribution in [3.8, 4) is 0 Å². The zero-order valence-corrected chi connectivity index (χ0v) is 7.05. The minimum absolute atomic E-state index is 0.318. The molecule has 2 aromatic rings. The fraction of sp³-hybridized carbons (Fsp3) is 0. The summed E-state index contributed by atoms with van der Waals surface area (Å²) in [5.41, 5.74) is 0.738. The second-order valence-corrected chi connectivity index (χ2v) is 2.98. The Labute approximate surface area is 74.7 Å². The first-order chi connectivity index (χ1) is 5.77. The molecule has 1 aromatic carbocycles. The van der Waals surface area contributed by atoms with Gasteiger partial charge >= 0.3 is 0 Å². The summed E-state index contributed by atoms with van der Waals surface area (Å²) in [6, 6.07) is 6.91. The third kappa shape index (κ3) is 1.16. The SMILES string of the molecule is Fc1cnc2c(S)cccc2c1. The third-order valence-corrected chi connectivity index (χ3v) is 2.02. The molecule has 0 unspecified atom stereocenters. The van der Waals surface area contributed by atoms with E-state index in [-0.39, 0.29) is 5.82 Å². The molecule has 0 radical (unpaired) electrons. The van der Waals surface area contributed by atoms with Crippen LogP contribution < -0.4 is 0 Å². The number of pyridine rings is 1. The predicted octanol–water partition coefficient (Wildman–Crippen LogP) is 2.66. The molecule has 60 valence electrons. The Bertz CT molecular complexity index is 428. The van der Waals surface area contributed by atoms with Crippen LogP contribution in [0.1, 0.15) is 0 Å². The van der Waals surface area contributed by atoms with E-state index in [1.54, 1.807) is 0 Å². The lowest BCUT2D eigenvalue weighted by atomic mass is 10.2. The second-order valence-electron chi connectivity index (χ2n) is 2.50. The molecule has 0 aliphatic carbocycles. The fourth-order valence-corrected chi connectivity index (χ4v) is 1.39. The zero-order valence-electron chi connectivity index (χ0n) is 6.16. The molecule has 2 rings (SSSR count).